The van der Waals surface area contributed by atoms with Crippen molar-refractivity contribution in [2.75, 3.05) is 20.1 Å². The highest BCUT2D eigenvalue weighted by Gasteiger charge is 2.09. The van der Waals surface area contributed by atoms with E-state index < -0.39 is 0 Å². The van der Waals surface area contributed by atoms with Crippen molar-refractivity contribution in [2.45, 2.75) is 19.8 Å². The first-order valence-electron chi connectivity index (χ1n) is 9.70. The molecule has 0 aliphatic rings. The summed E-state index contributed by atoms with van der Waals surface area (Å²) in [5.41, 5.74) is 3.79. The van der Waals surface area contributed by atoms with Crippen molar-refractivity contribution < 1.29 is 4.42 Å². The number of nitrogens with one attached hydrogen (secondary N) is 4. The Labute approximate surface area is 192 Å². The van der Waals surface area contributed by atoms with E-state index in [-0.39, 0.29) is 24.0 Å². The molecule has 0 bridgehead atoms. The number of hydrogen-bond donors (Lipinski definition) is 4. The third kappa shape index (κ3) is 5.02. The minimum Gasteiger partial charge on any atom is -0.461 e. The van der Waals surface area contributed by atoms with Crippen LogP contribution in [-0.4, -0.2) is 46.3 Å². The lowest BCUT2D eigenvalue weighted by molar-refractivity contribution is 0.577. The third-order valence-electron chi connectivity index (χ3n) is 4.83. The number of furan rings is 1. The first-order chi connectivity index (χ1) is 14.2. The van der Waals surface area contributed by atoms with Gasteiger partial charge in [-0.05, 0) is 42.7 Å². The van der Waals surface area contributed by atoms with E-state index in [0.29, 0.717) is 24.6 Å². The summed E-state index contributed by atoms with van der Waals surface area (Å²) < 4.78 is 5.31. The second-order valence-electron chi connectivity index (χ2n) is 6.82. The summed E-state index contributed by atoms with van der Waals surface area (Å²) in [5, 5.41) is 15.1. The normalized spacial score (nSPS) is 11.5. The van der Waals surface area contributed by atoms with Crippen LogP contribution in [0.15, 0.2) is 52.2 Å². The fourth-order valence-electron chi connectivity index (χ4n) is 3.41. The first kappa shape index (κ1) is 21.9. The standard InChI is InChI=1S/C21H25N7O.HI/c1-14-5-3-6-16-19(14)15(13-25-16)8-10-23-21(22-2)24-11-9-18-26-20(28-27-18)17-7-4-12-29-17;/h3-7,12-13,25H,8-11H2,1-2H3,(H2,22,23,24)(H,26,27,28);1H. The van der Waals surface area contributed by atoms with E-state index in [0.717, 1.165) is 24.7 Å². The van der Waals surface area contributed by atoms with E-state index in [1.54, 1.807) is 13.3 Å². The summed E-state index contributed by atoms with van der Waals surface area (Å²) in [4.78, 5) is 12.1. The number of halogens is 1. The average molecular weight is 519 g/mol. The molecule has 158 valence electrons. The molecule has 30 heavy (non-hydrogen) atoms. The number of aryl methyl sites for hydroxylation is 1. The number of nitrogens with zero attached hydrogens (tertiary/aromatic N) is 3. The van der Waals surface area contributed by atoms with Gasteiger partial charge in [-0.15, -0.1) is 24.0 Å². The van der Waals surface area contributed by atoms with Crippen LogP contribution in [0.4, 0.5) is 0 Å². The predicted octanol–water partition coefficient (Wildman–Crippen LogP) is 3.42. The molecule has 9 heteroatoms. The largest absolute Gasteiger partial charge is 0.461 e. The second-order valence-corrected chi connectivity index (χ2v) is 6.82. The van der Waals surface area contributed by atoms with E-state index in [2.05, 4.69) is 67.1 Å². The zero-order chi connectivity index (χ0) is 20.1. The molecule has 0 amide bonds. The Hall–Kier alpha value is -2.82. The molecule has 4 aromatic rings. The lowest BCUT2D eigenvalue weighted by Crippen LogP contribution is -2.39. The van der Waals surface area contributed by atoms with Crippen LogP contribution in [0.5, 0.6) is 0 Å². The molecule has 0 spiro atoms. The molecule has 0 unspecified atom stereocenters. The molecule has 0 aliphatic carbocycles. The fraction of sp³-hybridized carbons (Fsp3) is 0.286. The van der Waals surface area contributed by atoms with Gasteiger partial charge in [0.2, 0.25) is 5.82 Å². The van der Waals surface area contributed by atoms with E-state index in [4.69, 9.17) is 4.42 Å². The fourth-order valence-corrected chi connectivity index (χ4v) is 3.41. The van der Waals surface area contributed by atoms with Crippen molar-refractivity contribution in [3.63, 3.8) is 0 Å². The summed E-state index contributed by atoms with van der Waals surface area (Å²) in [6.45, 7) is 3.64. The first-order valence-corrected chi connectivity index (χ1v) is 9.70. The van der Waals surface area contributed by atoms with Crippen LogP contribution in [-0.2, 0) is 12.8 Å². The quantitative estimate of drug-likeness (QED) is 0.170. The SMILES string of the molecule is CN=C(NCCc1nc(-c2ccco2)n[nH]1)NCCc1c[nH]c2cccc(C)c12.I. The van der Waals surface area contributed by atoms with Gasteiger partial charge in [-0.2, -0.15) is 5.10 Å². The van der Waals surface area contributed by atoms with Crippen LogP contribution in [0, 0.1) is 6.92 Å². The van der Waals surface area contributed by atoms with Crippen molar-refractivity contribution in [1.82, 2.24) is 30.8 Å². The molecule has 4 rings (SSSR count). The molecular weight excluding hydrogens is 493 g/mol. The van der Waals surface area contributed by atoms with Gasteiger partial charge in [-0.1, -0.05) is 12.1 Å². The molecule has 0 saturated carbocycles. The predicted molar refractivity (Wildman–Crippen MR) is 129 cm³/mol. The van der Waals surface area contributed by atoms with Gasteiger partial charge in [0, 0.05) is 43.7 Å². The van der Waals surface area contributed by atoms with Gasteiger partial charge < -0.3 is 20.0 Å². The van der Waals surface area contributed by atoms with Gasteiger partial charge in [0.25, 0.3) is 0 Å². The molecular formula is C21H26IN7O. The van der Waals surface area contributed by atoms with Crippen molar-refractivity contribution in [1.29, 1.82) is 0 Å². The number of guanidine groups is 1. The van der Waals surface area contributed by atoms with Crippen LogP contribution in [0.2, 0.25) is 0 Å². The zero-order valence-electron chi connectivity index (χ0n) is 17.0. The van der Waals surface area contributed by atoms with Gasteiger partial charge in [-0.25, -0.2) is 4.98 Å². The maximum atomic E-state index is 5.31. The number of hydrogen-bond acceptors (Lipinski definition) is 4. The zero-order valence-corrected chi connectivity index (χ0v) is 19.4. The van der Waals surface area contributed by atoms with E-state index in [1.807, 2.05) is 12.1 Å². The van der Waals surface area contributed by atoms with Crippen molar-refractivity contribution >= 4 is 40.8 Å². The molecule has 3 aromatic heterocycles. The Morgan fingerprint density at radius 3 is 2.73 bits per heavy atom. The van der Waals surface area contributed by atoms with Crippen LogP contribution < -0.4 is 10.6 Å². The second kappa shape index (κ2) is 10.3. The summed E-state index contributed by atoms with van der Waals surface area (Å²) in [6, 6.07) is 10.00. The highest BCUT2D eigenvalue weighted by Crippen LogP contribution is 2.22. The maximum Gasteiger partial charge on any atom is 0.216 e. The van der Waals surface area contributed by atoms with Crippen molar-refractivity contribution in [2.24, 2.45) is 4.99 Å². The Morgan fingerprint density at radius 2 is 1.97 bits per heavy atom. The van der Waals surface area contributed by atoms with Gasteiger partial charge in [0.05, 0.1) is 6.26 Å². The Bertz CT molecular complexity index is 1100. The number of benzene rings is 1. The molecule has 0 aliphatic heterocycles. The van der Waals surface area contributed by atoms with E-state index >= 15 is 0 Å². The van der Waals surface area contributed by atoms with Crippen molar-refractivity contribution in [3.8, 4) is 11.6 Å². The lowest BCUT2D eigenvalue weighted by atomic mass is 10.1. The summed E-state index contributed by atoms with van der Waals surface area (Å²) in [5.74, 6) is 2.80. The average Bonchev–Trinajstić information content (AvgIpc) is 3.48. The summed E-state index contributed by atoms with van der Waals surface area (Å²) in [6.07, 6.45) is 5.33. The van der Waals surface area contributed by atoms with Gasteiger partial charge in [0.15, 0.2) is 11.7 Å². The Morgan fingerprint density at radius 1 is 1.13 bits per heavy atom. The number of rotatable bonds is 7. The minimum absolute atomic E-state index is 0. The van der Waals surface area contributed by atoms with Gasteiger partial charge in [0.1, 0.15) is 5.82 Å². The Kier molecular flexibility index (Phi) is 7.50. The van der Waals surface area contributed by atoms with E-state index in [1.165, 1.54) is 22.0 Å². The number of fused-ring (bicyclic) bond motifs is 1. The summed E-state index contributed by atoms with van der Waals surface area (Å²) >= 11 is 0. The minimum atomic E-state index is 0. The number of aliphatic imine (C=N–C) groups is 1. The van der Waals surface area contributed by atoms with Gasteiger partial charge >= 0.3 is 0 Å². The third-order valence-corrected chi connectivity index (χ3v) is 4.83. The number of aromatic nitrogens is 4. The number of aromatic amines is 2. The molecule has 3 heterocycles. The van der Waals surface area contributed by atoms with E-state index in [9.17, 15) is 0 Å². The van der Waals surface area contributed by atoms with Crippen LogP contribution >= 0.6 is 24.0 Å². The summed E-state index contributed by atoms with van der Waals surface area (Å²) in [7, 11) is 1.77. The maximum absolute atomic E-state index is 5.31. The van der Waals surface area contributed by atoms with Crippen LogP contribution in [0.1, 0.15) is 17.0 Å². The molecule has 1 aromatic carbocycles. The highest BCUT2D eigenvalue weighted by atomic mass is 127. The van der Waals surface area contributed by atoms with Crippen LogP contribution in [0.25, 0.3) is 22.5 Å². The van der Waals surface area contributed by atoms with Gasteiger partial charge in [-0.3, -0.25) is 10.1 Å². The molecule has 0 radical (unpaired) electrons. The molecule has 0 atom stereocenters. The lowest BCUT2D eigenvalue weighted by Gasteiger charge is -2.11. The monoisotopic (exact) mass is 519 g/mol. The Balaban J connectivity index is 0.00000256. The topological polar surface area (TPSA) is 107 Å². The molecule has 0 fully saturated rings. The smallest absolute Gasteiger partial charge is 0.216 e. The van der Waals surface area contributed by atoms with Crippen LogP contribution in [0.3, 0.4) is 0 Å². The highest BCUT2D eigenvalue weighted by molar-refractivity contribution is 14.0. The molecule has 4 N–H and O–H groups in total. The number of H-pyrrole nitrogens is 2. The van der Waals surface area contributed by atoms with Crippen molar-refractivity contribution in [3.05, 3.63) is 59.7 Å². The molecule has 0 saturated heterocycles. The molecule has 8 nitrogen and oxygen atoms in total.